The lowest BCUT2D eigenvalue weighted by Crippen LogP contribution is -2.38. The highest BCUT2D eigenvalue weighted by Gasteiger charge is 2.28. The minimum atomic E-state index is -1.47. The van der Waals surface area contributed by atoms with Crippen molar-refractivity contribution in [3.05, 3.63) is 40.8 Å². The molecule has 0 saturated heterocycles. The molecule has 1 aromatic carbocycles. The summed E-state index contributed by atoms with van der Waals surface area (Å²) < 4.78 is 0. The summed E-state index contributed by atoms with van der Waals surface area (Å²) in [5.74, 6) is -2.70. The van der Waals surface area contributed by atoms with Crippen molar-refractivity contribution < 1.29 is 19.8 Å². The van der Waals surface area contributed by atoms with Gasteiger partial charge in [-0.15, -0.1) is 4.91 Å². The van der Waals surface area contributed by atoms with Crippen LogP contribution in [0.1, 0.15) is 12.0 Å². The molecule has 0 amide bonds. The summed E-state index contributed by atoms with van der Waals surface area (Å²) in [7, 11) is 0. The van der Waals surface area contributed by atoms with E-state index in [2.05, 4.69) is 5.29 Å². The number of hydrogen-bond acceptors (Lipinski definition) is 4. The van der Waals surface area contributed by atoms with Crippen molar-refractivity contribution >= 4 is 11.9 Å². The number of nitrogens with zero attached hydrogens (tertiary/aromatic N) is 2. The number of carbonyl (C=O) groups is 2. The lowest BCUT2D eigenvalue weighted by molar-refractivity contribution is -0.150. The van der Waals surface area contributed by atoms with Crippen molar-refractivity contribution in [2.75, 3.05) is 0 Å². The van der Waals surface area contributed by atoms with E-state index >= 15 is 0 Å². The van der Waals surface area contributed by atoms with Gasteiger partial charge in [0.2, 0.25) is 0 Å². The van der Waals surface area contributed by atoms with E-state index in [-0.39, 0.29) is 6.54 Å². The molecule has 1 aromatic rings. The number of benzene rings is 1. The fourth-order valence-corrected chi connectivity index (χ4v) is 1.45. The smallest absolute Gasteiger partial charge is 0.328 e. The van der Waals surface area contributed by atoms with Crippen LogP contribution in [0, 0.1) is 4.91 Å². The summed E-state index contributed by atoms with van der Waals surface area (Å²) in [5, 5.41) is 20.8. The van der Waals surface area contributed by atoms with Gasteiger partial charge in [0, 0.05) is 0 Å². The van der Waals surface area contributed by atoms with Crippen LogP contribution in [0.15, 0.2) is 35.6 Å². The molecule has 1 atom stereocenters. The van der Waals surface area contributed by atoms with Crippen LogP contribution in [-0.2, 0) is 16.1 Å². The van der Waals surface area contributed by atoms with Crippen molar-refractivity contribution in [1.29, 1.82) is 0 Å². The fraction of sp³-hybridized carbons (Fsp3) is 0.273. The molecule has 96 valence electrons. The molecule has 0 aromatic heterocycles. The topological polar surface area (TPSA) is 107 Å². The van der Waals surface area contributed by atoms with Crippen molar-refractivity contribution in [2.24, 2.45) is 5.29 Å². The first kappa shape index (κ1) is 13.6. The number of rotatable bonds is 7. The normalized spacial score (nSPS) is 11.6. The molecule has 0 heterocycles. The van der Waals surface area contributed by atoms with E-state index in [4.69, 9.17) is 10.2 Å². The third kappa shape index (κ3) is 3.85. The van der Waals surface area contributed by atoms with Crippen molar-refractivity contribution in [3.8, 4) is 0 Å². The maximum Gasteiger partial charge on any atom is 0.328 e. The zero-order valence-electron chi connectivity index (χ0n) is 9.39. The third-order valence-electron chi connectivity index (χ3n) is 2.31. The molecule has 0 unspecified atom stereocenters. The Bertz CT molecular complexity index is 434. The van der Waals surface area contributed by atoms with Crippen LogP contribution >= 0.6 is 0 Å². The zero-order valence-corrected chi connectivity index (χ0v) is 9.39. The monoisotopic (exact) mass is 252 g/mol. The summed E-state index contributed by atoms with van der Waals surface area (Å²) >= 11 is 0. The summed E-state index contributed by atoms with van der Waals surface area (Å²) in [6.45, 7) is -0.0470. The highest BCUT2D eigenvalue weighted by atomic mass is 16.4. The Kier molecular flexibility index (Phi) is 4.79. The molecule has 0 aliphatic heterocycles. The average molecular weight is 252 g/mol. The second-order valence-corrected chi connectivity index (χ2v) is 3.62. The molecule has 0 fully saturated rings. The Morgan fingerprint density at radius 3 is 2.28 bits per heavy atom. The Morgan fingerprint density at radius 2 is 1.83 bits per heavy atom. The molecule has 0 aliphatic rings. The number of hydrogen-bond donors (Lipinski definition) is 2. The van der Waals surface area contributed by atoms with E-state index in [0.29, 0.717) is 10.6 Å². The Balaban J connectivity index is 2.82. The highest BCUT2D eigenvalue weighted by molar-refractivity contribution is 5.80. The molecule has 18 heavy (non-hydrogen) atoms. The van der Waals surface area contributed by atoms with Gasteiger partial charge in [-0.05, 0) is 5.56 Å². The predicted molar refractivity (Wildman–Crippen MR) is 61.5 cm³/mol. The molecular formula is C11H12N2O5. The summed E-state index contributed by atoms with van der Waals surface area (Å²) in [5.41, 5.74) is 0.675. The van der Waals surface area contributed by atoms with Gasteiger partial charge in [-0.25, -0.2) is 9.80 Å². The van der Waals surface area contributed by atoms with Crippen molar-refractivity contribution in [1.82, 2.24) is 5.01 Å². The Hall–Kier alpha value is -2.44. The summed E-state index contributed by atoms with van der Waals surface area (Å²) in [6, 6.07) is 7.14. The van der Waals surface area contributed by atoms with Gasteiger partial charge in [-0.3, -0.25) is 4.79 Å². The molecule has 7 heteroatoms. The maximum atomic E-state index is 10.9. The minimum absolute atomic E-state index is 0.0470. The number of nitroso groups, excluding NO2 is 1. The van der Waals surface area contributed by atoms with Crippen LogP contribution in [0.3, 0.4) is 0 Å². The van der Waals surface area contributed by atoms with Crippen molar-refractivity contribution in [3.63, 3.8) is 0 Å². The first-order valence-corrected chi connectivity index (χ1v) is 5.13. The van der Waals surface area contributed by atoms with Crippen LogP contribution in [-0.4, -0.2) is 33.2 Å². The molecule has 0 spiro atoms. The van der Waals surface area contributed by atoms with E-state index in [1.165, 1.54) is 0 Å². The first-order chi connectivity index (χ1) is 8.54. The number of aliphatic carboxylic acids is 2. The second kappa shape index (κ2) is 6.33. The molecule has 2 N–H and O–H groups in total. The van der Waals surface area contributed by atoms with Gasteiger partial charge in [-0.1, -0.05) is 30.3 Å². The SMILES string of the molecule is O=NN(Cc1ccccc1)[C@@H](CC(=O)O)C(=O)O. The Morgan fingerprint density at radius 1 is 1.22 bits per heavy atom. The molecule has 7 nitrogen and oxygen atoms in total. The number of carboxylic acid groups (broad SMARTS) is 2. The predicted octanol–water partition coefficient (Wildman–Crippen LogP) is 1.10. The second-order valence-electron chi connectivity index (χ2n) is 3.62. The standard InChI is InChI=1S/C11H12N2O5/c14-10(15)6-9(11(16)17)13(12-18)7-8-4-2-1-3-5-8/h1-5,9H,6-7H2,(H,14,15)(H,16,17)/t9-/m0/s1. The van der Waals surface area contributed by atoms with E-state index in [1.54, 1.807) is 30.3 Å². The number of carboxylic acids is 2. The van der Waals surface area contributed by atoms with E-state index in [1.807, 2.05) is 0 Å². The minimum Gasteiger partial charge on any atom is -0.481 e. The van der Waals surface area contributed by atoms with E-state index in [0.717, 1.165) is 0 Å². The fourth-order valence-electron chi connectivity index (χ4n) is 1.45. The van der Waals surface area contributed by atoms with Crippen LogP contribution in [0.2, 0.25) is 0 Å². The van der Waals surface area contributed by atoms with Crippen LogP contribution in [0.5, 0.6) is 0 Å². The van der Waals surface area contributed by atoms with Gasteiger partial charge in [0.25, 0.3) is 0 Å². The van der Waals surface area contributed by atoms with Gasteiger partial charge < -0.3 is 10.2 Å². The zero-order chi connectivity index (χ0) is 13.5. The van der Waals surface area contributed by atoms with Crippen LogP contribution < -0.4 is 0 Å². The van der Waals surface area contributed by atoms with Crippen molar-refractivity contribution in [2.45, 2.75) is 19.0 Å². The Labute approximate surface area is 103 Å². The first-order valence-electron chi connectivity index (χ1n) is 5.13. The summed E-state index contributed by atoms with van der Waals surface area (Å²) in [6.07, 6.45) is -0.687. The van der Waals surface area contributed by atoms with Gasteiger partial charge >= 0.3 is 11.9 Å². The molecule has 0 aliphatic carbocycles. The third-order valence-corrected chi connectivity index (χ3v) is 2.31. The largest absolute Gasteiger partial charge is 0.481 e. The van der Waals surface area contributed by atoms with Crippen LogP contribution in [0.25, 0.3) is 0 Å². The molecule has 0 saturated carbocycles. The van der Waals surface area contributed by atoms with Gasteiger partial charge in [0.1, 0.15) is 0 Å². The van der Waals surface area contributed by atoms with Gasteiger partial charge in [-0.2, -0.15) is 0 Å². The molecule has 0 bridgehead atoms. The molecule has 0 radical (unpaired) electrons. The quantitative estimate of drug-likeness (QED) is 0.555. The summed E-state index contributed by atoms with van der Waals surface area (Å²) in [4.78, 5) is 32.1. The van der Waals surface area contributed by atoms with E-state index < -0.39 is 24.4 Å². The molecule has 1 rings (SSSR count). The van der Waals surface area contributed by atoms with Gasteiger partial charge in [0.05, 0.1) is 18.3 Å². The average Bonchev–Trinajstić information content (AvgIpc) is 2.34. The maximum absolute atomic E-state index is 10.9. The lowest BCUT2D eigenvalue weighted by atomic mass is 10.1. The van der Waals surface area contributed by atoms with E-state index in [9.17, 15) is 14.5 Å². The highest BCUT2D eigenvalue weighted by Crippen LogP contribution is 2.12. The van der Waals surface area contributed by atoms with Gasteiger partial charge in [0.15, 0.2) is 6.04 Å². The lowest BCUT2D eigenvalue weighted by Gasteiger charge is -2.21. The molecular weight excluding hydrogens is 240 g/mol. The van der Waals surface area contributed by atoms with Crippen LogP contribution in [0.4, 0.5) is 0 Å².